The number of halogens is 1. The Balaban J connectivity index is 2.16. The highest BCUT2D eigenvalue weighted by molar-refractivity contribution is 5.97. The Morgan fingerprint density at radius 2 is 2.21 bits per heavy atom. The molecule has 0 aliphatic rings. The highest BCUT2D eigenvalue weighted by Gasteiger charge is 2.21. The number of hydrogen-bond donors (Lipinski definition) is 1. The molecule has 2 aromatic rings. The molecule has 0 fully saturated rings. The van der Waals surface area contributed by atoms with E-state index in [9.17, 15) is 9.18 Å². The van der Waals surface area contributed by atoms with Gasteiger partial charge < -0.3 is 5.32 Å². The zero-order valence-electron chi connectivity index (χ0n) is 9.75. The molecule has 2 aromatic heterocycles. The molecule has 1 amide bonds. The number of carbonyl (C=O) groups is 1. The molecular weight excluding hydrogens is 247 g/mol. The van der Waals surface area contributed by atoms with Gasteiger partial charge in [-0.05, 0) is 24.3 Å². The summed E-state index contributed by atoms with van der Waals surface area (Å²) in [6.07, 6.45) is 4.00. The first-order chi connectivity index (χ1) is 9.20. The summed E-state index contributed by atoms with van der Waals surface area (Å²) in [6, 6.07) is 7.62. The van der Waals surface area contributed by atoms with E-state index in [4.69, 9.17) is 5.26 Å². The third-order valence-electron chi connectivity index (χ3n) is 2.37. The van der Waals surface area contributed by atoms with Crippen molar-refractivity contribution >= 4 is 11.6 Å². The van der Waals surface area contributed by atoms with Crippen molar-refractivity contribution in [2.45, 2.75) is 5.92 Å². The second kappa shape index (κ2) is 5.69. The van der Waals surface area contributed by atoms with Crippen LogP contribution in [0, 0.1) is 17.1 Å². The van der Waals surface area contributed by atoms with Gasteiger partial charge in [-0.3, -0.25) is 14.8 Å². The van der Waals surface area contributed by atoms with Crippen LogP contribution in [0.1, 0.15) is 11.6 Å². The molecule has 0 saturated carbocycles. The maximum Gasteiger partial charge on any atom is 0.247 e. The van der Waals surface area contributed by atoms with Gasteiger partial charge in [-0.1, -0.05) is 0 Å². The maximum absolute atomic E-state index is 12.7. The predicted octanol–water partition coefficient (Wildman–Crippen LogP) is 1.86. The summed E-state index contributed by atoms with van der Waals surface area (Å²) < 4.78 is 12.7. The van der Waals surface area contributed by atoms with Crippen molar-refractivity contribution in [2.75, 3.05) is 5.32 Å². The summed E-state index contributed by atoms with van der Waals surface area (Å²) in [5.74, 6) is -2.15. The minimum atomic E-state index is -1.10. The van der Waals surface area contributed by atoms with E-state index in [1.807, 2.05) is 6.07 Å². The first kappa shape index (κ1) is 12.6. The van der Waals surface area contributed by atoms with Crippen LogP contribution < -0.4 is 5.32 Å². The van der Waals surface area contributed by atoms with Gasteiger partial charge in [0, 0.05) is 6.20 Å². The lowest BCUT2D eigenvalue weighted by Crippen LogP contribution is -2.20. The summed E-state index contributed by atoms with van der Waals surface area (Å²) in [6.45, 7) is 0. The third-order valence-corrected chi connectivity index (χ3v) is 2.37. The fourth-order valence-corrected chi connectivity index (χ4v) is 1.47. The summed E-state index contributed by atoms with van der Waals surface area (Å²) in [5.41, 5.74) is 0.681. The van der Waals surface area contributed by atoms with Gasteiger partial charge in [-0.15, -0.1) is 0 Å². The summed E-state index contributed by atoms with van der Waals surface area (Å²) >= 11 is 0. The Morgan fingerprint density at radius 3 is 2.79 bits per heavy atom. The van der Waals surface area contributed by atoms with E-state index in [-0.39, 0.29) is 5.69 Å². The third kappa shape index (κ3) is 3.10. The monoisotopic (exact) mass is 256 g/mol. The molecule has 1 N–H and O–H groups in total. The number of nitriles is 1. The Bertz CT molecular complexity index is 607. The zero-order valence-corrected chi connectivity index (χ0v) is 9.75. The van der Waals surface area contributed by atoms with Crippen LogP contribution in [0.3, 0.4) is 0 Å². The molecule has 19 heavy (non-hydrogen) atoms. The summed E-state index contributed by atoms with van der Waals surface area (Å²) in [4.78, 5) is 19.5. The Kier molecular flexibility index (Phi) is 3.78. The van der Waals surface area contributed by atoms with Gasteiger partial charge in [0.1, 0.15) is 5.82 Å². The van der Waals surface area contributed by atoms with Crippen LogP contribution in [0.25, 0.3) is 0 Å². The van der Waals surface area contributed by atoms with E-state index in [0.29, 0.717) is 5.69 Å². The standard InChI is InChI=1S/C13H9FN4O/c14-9-3-4-12(17-7-9)11(6-15)13(19)18-10-2-1-5-16-8-10/h1-5,7-8,11H,(H,18,19). The van der Waals surface area contributed by atoms with Crippen LogP contribution in [-0.2, 0) is 4.79 Å². The predicted molar refractivity (Wildman–Crippen MR) is 65.4 cm³/mol. The molecule has 0 aliphatic heterocycles. The van der Waals surface area contributed by atoms with Gasteiger partial charge >= 0.3 is 0 Å². The largest absolute Gasteiger partial charge is 0.323 e. The molecule has 6 heteroatoms. The minimum absolute atomic E-state index is 0.199. The highest BCUT2D eigenvalue weighted by Crippen LogP contribution is 2.15. The average Bonchev–Trinajstić information content (AvgIpc) is 2.43. The molecule has 94 valence electrons. The van der Waals surface area contributed by atoms with Crippen molar-refractivity contribution in [2.24, 2.45) is 0 Å². The van der Waals surface area contributed by atoms with E-state index < -0.39 is 17.6 Å². The molecule has 2 heterocycles. The van der Waals surface area contributed by atoms with Crippen molar-refractivity contribution < 1.29 is 9.18 Å². The number of nitrogens with one attached hydrogen (secondary N) is 1. The van der Waals surface area contributed by atoms with E-state index in [1.54, 1.807) is 18.3 Å². The first-order valence-electron chi connectivity index (χ1n) is 5.42. The van der Waals surface area contributed by atoms with Crippen LogP contribution in [0.15, 0.2) is 42.9 Å². The van der Waals surface area contributed by atoms with Crippen LogP contribution in [0.4, 0.5) is 10.1 Å². The number of carbonyl (C=O) groups excluding carboxylic acids is 1. The first-order valence-corrected chi connectivity index (χ1v) is 5.42. The maximum atomic E-state index is 12.7. The molecule has 2 rings (SSSR count). The quantitative estimate of drug-likeness (QED) is 0.909. The van der Waals surface area contributed by atoms with Gasteiger partial charge in [0.15, 0.2) is 5.92 Å². The average molecular weight is 256 g/mol. The van der Waals surface area contributed by atoms with Crippen LogP contribution >= 0.6 is 0 Å². The number of hydrogen-bond acceptors (Lipinski definition) is 4. The van der Waals surface area contributed by atoms with Gasteiger partial charge in [-0.25, -0.2) is 4.39 Å². The molecular formula is C13H9FN4O. The number of anilines is 1. The Morgan fingerprint density at radius 1 is 1.37 bits per heavy atom. The van der Waals surface area contributed by atoms with Crippen LogP contribution in [-0.4, -0.2) is 15.9 Å². The molecule has 1 unspecified atom stereocenters. The summed E-state index contributed by atoms with van der Waals surface area (Å²) in [5, 5.41) is 11.6. The van der Waals surface area contributed by atoms with Gasteiger partial charge in [0.25, 0.3) is 0 Å². The molecule has 0 aliphatic carbocycles. The molecule has 0 bridgehead atoms. The number of nitrogens with zero attached hydrogens (tertiary/aromatic N) is 3. The van der Waals surface area contributed by atoms with Crippen LogP contribution in [0.5, 0.6) is 0 Å². The van der Waals surface area contributed by atoms with Crippen molar-refractivity contribution in [3.8, 4) is 6.07 Å². The lowest BCUT2D eigenvalue weighted by Gasteiger charge is -2.09. The fourth-order valence-electron chi connectivity index (χ4n) is 1.47. The van der Waals surface area contributed by atoms with Gasteiger partial charge in [-0.2, -0.15) is 5.26 Å². The molecule has 5 nitrogen and oxygen atoms in total. The summed E-state index contributed by atoms with van der Waals surface area (Å²) in [7, 11) is 0. The van der Waals surface area contributed by atoms with Crippen molar-refractivity contribution in [1.29, 1.82) is 5.26 Å². The second-order valence-electron chi connectivity index (χ2n) is 3.69. The number of amides is 1. The van der Waals surface area contributed by atoms with Crippen molar-refractivity contribution in [3.63, 3.8) is 0 Å². The fraction of sp³-hybridized carbons (Fsp3) is 0.0769. The van der Waals surface area contributed by atoms with E-state index >= 15 is 0 Å². The SMILES string of the molecule is N#CC(C(=O)Nc1cccnc1)c1ccc(F)cn1. The molecule has 0 saturated heterocycles. The van der Waals surface area contributed by atoms with Crippen LogP contribution in [0.2, 0.25) is 0 Å². The number of aromatic nitrogens is 2. The highest BCUT2D eigenvalue weighted by atomic mass is 19.1. The van der Waals surface area contributed by atoms with Crippen molar-refractivity contribution in [1.82, 2.24) is 9.97 Å². The molecule has 0 aromatic carbocycles. The van der Waals surface area contributed by atoms with Gasteiger partial charge in [0.05, 0.1) is 29.8 Å². The van der Waals surface area contributed by atoms with Gasteiger partial charge in [0.2, 0.25) is 5.91 Å². The number of rotatable bonds is 3. The zero-order chi connectivity index (χ0) is 13.7. The van der Waals surface area contributed by atoms with E-state index in [0.717, 1.165) is 12.3 Å². The topological polar surface area (TPSA) is 78.7 Å². The smallest absolute Gasteiger partial charge is 0.247 e. The molecule has 0 radical (unpaired) electrons. The Hall–Kier alpha value is -2.81. The second-order valence-corrected chi connectivity index (χ2v) is 3.69. The van der Waals surface area contributed by atoms with E-state index in [1.165, 1.54) is 12.3 Å². The minimum Gasteiger partial charge on any atom is -0.323 e. The number of pyridine rings is 2. The molecule has 0 spiro atoms. The molecule has 1 atom stereocenters. The lowest BCUT2D eigenvalue weighted by atomic mass is 10.1. The van der Waals surface area contributed by atoms with Crippen molar-refractivity contribution in [3.05, 3.63) is 54.4 Å². The normalized spacial score (nSPS) is 11.4. The van der Waals surface area contributed by atoms with E-state index in [2.05, 4.69) is 15.3 Å². The Labute approximate surface area is 108 Å². The lowest BCUT2D eigenvalue weighted by molar-refractivity contribution is -0.116.